The molecule has 0 aliphatic carbocycles. The Bertz CT molecular complexity index is 483. The Hall–Kier alpha value is -1.17. The average molecular weight is 300 g/mol. The van der Waals surface area contributed by atoms with Crippen molar-refractivity contribution in [1.29, 1.82) is 0 Å². The van der Waals surface area contributed by atoms with Crippen LogP contribution in [-0.4, -0.2) is 43.0 Å². The van der Waals surface area contributed by atoms with E-state index in [1.807, 2.05) is 11.8 Å². The van der Waals surface area contributed by atoms with Gasteiger partial charge in [0.25, 0.3) is 0 Å². The zero-order valence-electron chi connectivity index (χ0n) is 11.5. The standard InChI is InChI=1S/C14H19ClFN3O/c1-2-18-14(20)12-8-17-6-7-19(12)9-10-4-3-5-11(16)13(10)15/h3-5,12,17H,2,6-9H2,1H3,(H,18,20). The second kappa shape index (κ2) is 7.02. The van der Waals surface area contributed by atoms with Gasteiger partial charge in [0.1, 0.15) is 11.9 Å². The lowest BCUT2D eigenvalue weighted by Gasteiger charge is -2.35. The van der Waals surface area contributed by atoms with Crippen LogP contribution < -0.4 is 10.6 Å². The molecule has 1 aromatic carbocycles. The number of nitrogens with zero attached hydrogens (tertiary/aromatic N) is 1. The Morgan fingerprint density at radius 2 is 2.40 bits per heavy atom. The largest absolute Gasteiger partial charge is 0.355 e. The summed E-state index contributed by atoms with van der Waals surface area (Å²) in [6.45, 7) is 5.10. The first-order valence-electron chi connectivity index (χ1n) is 6.79. The van der Waals surface area contributed by atoms with Crippen molar-refractivity contribution in [3.8, 4) is 0 Å². The van der Waals surface area contributed by atoms with E-state index in [1.165, 1.54) is 6.07 Å². The molecule has 110 valence electrons. The molecule has 1 fully saturated rings. The van der Waals surface area contributed by atoms with E-state index in [9.17, 15) is 9.18 Å². The monoisotopic (exact) mass is 299 g/mol. The van der Waals surface area contributed by atoms with Crippen molar-refractivity contribution < 1.29 is 9.18 Å². The maximum absolute atomic E-state index is 13.5. The lowest BCUT2D eigenvalue weighted by molar-refractivity contribution is -0.127. The van der Waals surface area contributed by atoms with E-state index in [2.05, 4.69) is 10.6 Å². The Labute approximate surface area is 123 Å². The molecule has 1 amide bonds. The molecule has 0 aromatic heterocycles. The number of hydrogen-bond acceptors (Lipinski definition) is 3. The fourth-order valence-corrected chi connectivity index (χ4v) is 2.56. The van der Waals surface area contributed by atoms with Crippen LogP contribution in [0.25, 0.3) is 0 Å². The number of likely N-dealkylation sites (N-methyl/N-ethyl adjacent to an activating group) is 1. The highest BCUT2D eigenvalue weighted by Crippen LogP contribution is 2.22. The highest BCUT2D eigenvalue weighted by Gasteiger charge is 2.28. The van der Waals surface area contributed by atoms with Gasteiger partial charge in [0, 0.05) is 32.7 Å². The van der Waals surface area contributed by atoms with E-state index >= 15 is 0 Å². The molecule has 0 bridgehead atoms. The Morgan fingerprint density at radius 1 is 1.60 bits per heavy atom. The van der Waals surface area contributed by atoms with Gasteiger partial charge in [-0.15, -0.1) is 0 Å². The van der Waals surface area contributed by atoms with Gasteiger partial charge in [-0.05, 0) is 18.6 Å². The number of carbonyl (C=O) groups excluding carboxylic acids is 1. The van der Waals surface area contributed by atoms with Crippen molar-refractivity contribution in [2.45, 2.75) is 19.5 Å². The normalized spacial score (nSPS) is 19.9. The molecule has 1 atom stereocenters. The predicted molar refractivity (Wildman–Crippen MR) is 77.2 cm³/mol. The number of halogens is 2. The molecule has 0 saturated carbocycles. The fourth-order valence-electron chi connectivity index (χ4n) is 2.38. The fraction of sp³-hybridized carbons (Fsp3) is 0.500. The molecule has 4 nitrogen and oxygen atoms in total. The van der Waals surface area contributed by atoms with Crippen LogP contribution in [0.4, 0.5) is 4.39 Å². The molecule has 20 heavy (non-hydrogen) atoms. The zero-order chi connectivity index (χ0) is 14.5. The number of hydrogen-bond donors (Lipinski definition) is 2. The first-order chi connectivity index (χ1) is 9.63. The third-order valence-electron chi connectivity index (χ3n) is 3.41. The van der Waals surface area contributed by atoms with E-state index in [0.29, 0.717) is 25.2 Å². The van der Waals surface area contributed by atoms with Gasteiger partial charge in [-0.3, -0.25) is 9.69 Å². The lowest BCUT2D eigenvalue weighted by atomic mass is 10.1. The van der Waals surface area contributed by atoms with Crippen LogP contribution in [0.3, 0.4) is 0 Å². The summed E-state index contributed by atoms with van der Waals surface area (Å²) in [6, 6.07) is 4.52. The van der Waals surface area contributed by atoms with Gasteiger partial charge in [0.05, 0.1) is 5.02 Å². The summed E-state index contributed by atoms with van der Waals surface area (Å²) in [4.78, 5) is 14.1. The third kappa shape index (κ3) is 3.48. The summed E-state index contributed by atoms with van der Waals surface area (Å²) in [5.41, 5.74) is 0.711. The molecule has 1 unspecified atom stereocenters. The van der Waals surface area contributed by atoms with Crippen LogP contribution in [0.5, 0.6) is 0 Å². The van der Waals surface area contributed by atoms with E-state index in [4.69, 9.17) is 11.6 Å². The maximum atomic E-state index is 13.5. The molecular weight excluding hydrogens is 281 g/mol. The minimum atomic E-state index is -0.422. The van der Waals surface area contributed by atoms with Crippen molar-refractivity contribution in [1.82, 2.24) is 15.5 Å². The smallest absolute Gasteiger partial charge is 0.238 e. The molecule has 2 N–H and O–H groups in total. The van der Waals surface area contributed by atoms with E-state index < -0.39 is 5.82 Å². The maximum Gasteiger partial charge on any atom is 0.238 e. The third-order valence-corrected chi connectivity index (χ3v) is 3.84. The van der Waals surface area contributed by atoms with E-state index in [-0.39, 0.29) is 17.0 Å². The molecule has 1 saturated heterocycles. The van der Waals surface area contributed by atoms with Crippen molar-refractivity contribution in [3.05, 3.63) is 34.6 Å². The zero-order valence-corrected chi connectivity index (χ0v) is 12.2. The van der Waals surface area contributed by atoms with Gasteiger partial charge >= 0.3 is 0 Å². The molecular formula is C14H19ClFN3O. The van der Waals surface area contributed by atoms with E-state index in [1.54, 1.807) is 12.1 Å². The minimum absolute atomic E-state index is 0.00720. The summed E-state index contributed by atoms with van der Waals surface area (Å²) in [5, 5.41) is 6.18. The van der Waals surface area contributed by atoms with Crippen molar-refractivity contribution >= 4 is 17.5 Å². The summed E-state index contributed by atoms with van der Waals surface area (Å²) in [7, 11) is 0. The number of amides is 1. The number of piperazine rings is 1. The lowest BCUT2D eigenvalue weighted by Crippen LogP contribution is -2.57. The molecule has 1 aliphatic heterocycles. The van der Waals surface area contributed by atoms with Gasteiger partial charge in [-0.2, -0.15) is 0 Å². The number of carbonyl (C=O) groups is 1. The predicted octanol–water partition coefficient (Wildman–Crippen LogP) is 1.39. The first kappa shape index (κ1) is 15.2. The quantitative estimate of drug-likeness (QED) is 0.883. The molecule has 0 radical (unpaired) electrons. The van der Waals surface area contributed by atoms with Crippen LogP contribution in [0, 0.1) is 5.82 Å². The second-order valence-corrected chi connectivity index (χ2v) is 5.18. The van der Waals surface area contributed by atoms with Crippen LogP contribution in [0.2, 0.25) is 5.02 Å². The Morgan fingerprint density at radius 3 is 3.15 bits per heavy atom. The molecule has 0 spiro atoms. The summed E-state index contributed by atoms with van der Waals surface area (Å²) >= 11 is 5.98. The highest BCUT2D eigenvalue weighted by atomic mass is 35.5. The molecule has 1 aromatic rings. The van der Waals surface area contributed by atoms with Gasteiger partial charge < -0.3 is 10.6 Å². The first-order valence-corrected chi connectivity index (χ1v) is 7.16. The van der Waals surface area contributed by atoms with Crippen LogP contribution in [0.15, 0.2) is 18.2 Å². The molecule has 2 rings (SSSR count). The highest BCUT2D eigenvalue weighted by molar-refractivity contribution is 6.31. The van der Waals surface area contributed by atoms with E-state index in [0.717, 1.165) is 13.1 Å². The van der Waals surface area contributed by atoms with Crippen molar-refractivity contribution in [2.24, 2.45) is 0 Å². The van der Waals surface area contributed by atoms with Crippen LogP contribution in [0.1, 0.15) is 12.5 Å². The summed E-state index contributed by atoms with van der Waals surface area (Å²) in [6.07, 6.45) is 0. The van der Waals surface area contributed by atoms with Gasteiger partial charge in [0.15, 0.2) is 0 Å². The number of rotatable bonds is 4. The van der Waals surface area contributed by atoms with Crippen LogP contribution >= 0.6 is 11.6 Å². The van der Waals surface area contributed by atoms with Crippen LogP contribution in [-0.2, 0) is 11.3 Å². The number of benzene rings is 1. The minimum Gasteiger partial charge on any atom is -0.355 e. The Kier molecular flexibility index (Phi) is 5.34. The molecule has 1 aliphatic rings. The molecule has 6 heteroatoms. The number of nitrogens with one attached hydrogen (secondary N) is 2. The van der Waals surface area contributed by atoms with Crippen molar-refractivity contribution in [2.75, 3.05) is 26.2 Å². The van der Waals surface area contributed by atoms with Crippen molar-refractivity contribution in [3.63, 3.8) is 0 Å². The SMILES string of the molecule is CCNC(=O)C1CNCCN1Cc1cccc(F)c1Cl. The van der Waals surface area contributed by atoms with Gasteiger partial charge in [-0.25, -0.2) is 4.39 Å². The van der Waals surface area contributed by atoms with Gasteiger partial charge in [-0.1, -0.05) is 23.7 Å². The topological polar surface area (TPSA) is 44.4 Å². The Balaban J connectivity index is 2.12. The summed E-state index contributed by atoms with van der Waals surface area (Å²) in [5.74, 6) is -0.430. The average Bonchev–Trinajstić information content (AvgIpc) is 2.45. The second-order valence-electron chi connectivity index (χ2n) is 4.80. The van der Waals surface area contributed by atoms with Gasteiger partial charge in [0.2, 0.25) is 5.91 Å². The summed E-state index contributed by atoms with van der Waals surface area (Å²) < 4.78 is 13.5. The molecule has 1 heterocycles.